The minimum Gasteiger partial charge on any atom is -0.150 e. The van der Waals surface area contributed by atoms with Gasteiger partial charge in [0.25, 0.3) is 0 Å². The van der Waals surface area contributed by atoms with Crippen LogP contribution in [0.15, 0.2) is 30.3 Å². The molecule has 1 aliphatic rings. The van der Waals surface area contributed by atoms with Gasteiger partial charge in [0.05, 0.1) is 0 Å². The van der Waals surface area contributed by atoms with Crippen molar-refractivity contribution >= 4 is 29.6 Å². The molecule has 0 nitrogen and oxygen atoms in total. The van der Waals surface area contributed by atoms with E-state index in [2.05, 4.69) is 30.3 Å². The molecule has 1 aliphatic carbocycles. The highest BCUT2D eigenvalue weighted by Gasteiger charge is 2.39. The predicted molar refractivity (Wildman–Crippen MR) is 74.8 cm³/mol. The number of hydrogen-bond acceptors (Lipinski definition) is 0. The molecule has 2 rings (SSSR count). The highest BCUT2D eigenvalue weighted by Crippen LogP contribution is 2.50. The lowest BCUT2D eigenvalue weighted by Gasteiger charge is -2.37. The van der Waals surface area contributed by atoms with Gasteiger partial charge in [0.2, 0.25) is 7.42 Å². The van der Waals surface area contributed by atoms with Crippen LogP contribution < -0.4 is 0 Å². The fraction of sp³-hybridized carbons (Fsp3) is 0.538. The standard InChI is InChI=1S/C13H18Cl2Si/c14-16(15)13(9-5-2-6-10-13)11-12-7-3-1-4-8-12/h1,3-4,7-8,16H,2,5-6,9-11H2. The summed E-state index contributed by atoms with van der Waals surface area (Å²) in [4.78, 5) is 0. The Labute approximate surface area is 109 Å². The van der Waals surface area contributed by atoms with E-state index in [1.54, 1.807) is 0 Å². The largest absolute Gasteiger partial charge is 0.243 e. The van der Waals surface area contributed by atoms with Crippen LogP contribution in [0.2, 0.25) is 5.04 Å². The molecule has 0 N–H and O–H groups in total. The van der Waals surface area contributed by atoms with Gasteiger partial charge in [-0.15, -0.1) is 22.2 Å². The van der Waals surface area contributed by atoms with Gasteiger partial charge >= 0.3 is 0 Å². The van der Waals surface area contributed by atoms with Crippen molar-refractivity contribution in [2.75, 3.05) is 0 Å². The molecule has 0 aromatic heterocycles. The van der Waals surface area contributed by atoms with Crippen LogP contribution in [-0.2, 0) is 6.42 Å². The van der Waals surface area contributed by atoms with E-state index in [0.29, 0.717) is 0 Å². The first-order chi connectivity index (χ1) is 7.73. The lowest BCUT2D eigenvalue weighted by molar-refractivity contribution is 0.373. The molecule has 0 unspecified atom stereocenters. The van der Waals surface area contributed by atoms with E-state index in [9.17, 15) is 0 Å². The SMILES string of the molecule is Cl[SiH](Cl)C1(Cc2ccccc2)CCCCC1. The molecule has 1 fully saturated rings. The first-order valence-electron chi connectivity index (χ1n) is 6.05. The molecule has 3 heteroatoms. The first-order valence-corrected chi connectivity index (χ1v) is 10.1. The monoisotopic (exact) mass is 272 g/mol. The van der Waals surface area contributed by atoms with Crippen molar-refractivity contribution in [3.63, 3.8) is 0 Å². The van der Waals surface area contributed by atoms with Crippen LogP contribution in [0.4, 0.5) is 0 Å². The predicted octanol–water partition coefficient (Wildman–Crippen LogP) is 4.63. The van der Waals surface area contributed by atoms with Crippen LogP contribution in [0.25, 0.3) is 0 Å². The van der Waals surface area contributed by atoms with E-state index >= 15 is 0 Å². The summed E-state index contributed by atoms with van der Waals surface area (Å²) < 4.78 is 0. The van der Waals surface area contributed by atoms with E-state index in [1.165, 1.54) is 37.7 Å². The summed E-state index contributed by atoms with van der Waals surface area (Å²) in [7, 11) is -1.61. The summed E-state index contributed by atoms with van der Waals surface area (Å²) in [5.41, 5.74) is 1.39. The first kappa shape index (κ1) is 12.5. The molecule has 0 aliphatic heterocycles. The van der Waals surface area contributed by atoms with Crippen molar-refractivity contribution in [2.45, 2.75) is 43.6 Å². The Morgan fingerprint density at radius 2 is 1.62 bits per heavy atom. The van der Waals surface area contributed by atoms with Crippen molar-refractivity contribution in [3.8, 4) is 0 Å². The van der Waals surface area contributed by atoms with Gasteiger partial charge in [-0.1, -0.05) is 49.6 Å². The van der Waals surface area contributed by atoms with Crippen LogP contribution in [0.5, 0.6) is 0 Å². The molecule has 0 bridgehead atoms. The van der Waals surface area contributed by atoms with Gasteiger partial charge in [-0.3, -0.25) is 0 Å². The summed E-state index contributed by atoms with van der Waals surface area (Å²) >= 11 is 12.7. The maximum absolute atomic E-state index is 6.37. The van der Waals surface area contributed by atoms with E-state index < -0.39 is 7.42 Å². The number of rotatable bonds is 3. The Balaban J connectivity index is 2.14. The lowest BCUT2D eigenvalue weighted by atomic mass is 9.83. The maximum atomic E-state index is 6.37. The molecule has 1 aromatic carbocycles. The summed E-state index contributed by atoms with van der Waals surface area (Å²) in [6.07, 6.45) is 7.49. The molecule has 88 valence electrons. The van der Waals surface area contributed by atoms with Gasteiger partial charge in [-0.25, -0.2) is 0 Å². The third kappa shape index (κ3) is 2.82. The smallest absolute Gasteiger partial charge is 0.150 e. The Morgan fingerprint density at radius 3 is 2.19 bits per heavy atom. The topological polar surface area (TPSA) is 0 Å². The second-order valence-corrected chi connectivity index (χ2v) is 10.0. The van der Waals surface area contributed by atoms with Crippen molar-refractivity contribution in [1.82, 2.24) is 0 Å². The van der Waals surface area contributed by atoms with Crippen LogP contribution in [0.3, 0.4) is 0 Å². The van der Waals surface area contributed by atoms with Crippen molar-refractivity contribution in [3.05, 3.63) is 35.9 Å². The molecule has 1 aromatic rings. The highest BCUT2D eigenvalue weighted by atomic mass is 35.7. The number of benzene rings is 1. The molecule has 16 heavy (non-hydrogen) atoms. The van der Waals surface area contributed by atoms with Crippen LogP contribution in [-0.4, -0.2) is 7.42 Å². The summed E-state index contributed by atoms with van der Waals surface area (Å²) in [6, 6.07) is 10.7. The normalized spacial score (nSPS) is 19.9. The van der Waals surface area contributed by atoms with E-state index in [0.717, 1.165) is 6.42 Å². The zero-order valence-electron chi connectivity index (χ0n) is 9.46. The van der Waals surface area contributed by atoms with Gasteiger partial charge < -0.3 is 0 Å². The number of halogens is 2. The van der Waals surface area contributed by atoms with Crippen molar-refractivity contribution in [1.29, 1.82) is 0 Å². The minimum atomic E-state index is -1.61. The lowest BCUT2D eigenvalue weighted by Crippen LogP contribution is -2.29. The second-order valence-electron chi connectivity index (χ2n) is 4.89. The minimum absolute atomic E-state index is 0.253. The summed E-state index contributed by atoms with van der Waals surface area (Å²) in [6.45, 7) is 0. The van der Waals surface area contributed by atoms with Crippen molar-refractivity contribution < 1.29 is 0 Å². The van der Waals surface area contributed by atoms with Crippen LogP contribution in [0.1, 0.15) is 37.7 Å². The van der Waals surface area contributed by atoms with Gasteiger partial charge in [0, 0.05) is 0 Å². The van der Waals surface area contributed by atoms with Crippen LogP contribution >= 0.6 is 22.2 Å². The molecule has 0 saturated heterocycles. The summed E-state index contributed by atoms with van der Waals surface area (Å²) in [5.74, 6) is 0. The Morgan fingerprint density at radius 1 is 1.00 bits per heavy atom. The quantitative estimate of drug-likeness (QED) is 0.556. The Bertz CT molecular complexity index is 318. The second kappa shape index (κ2) is 5.57. The van der Waals surface area contributed by atoms with E-state index in [4.69, 9.17) is 22.2 Å². The van der Waals surface area contributed by atoms with Gasteiger partial charge in [0.15, 0.2) is 0 Å². The van der Waals surface area contributed by atoms with Gasteiger partial charge in [-0.2, -0.15) is 0 Å². The maximum Gasteiger partial charge on any atom is 0.243 e. The third-order valence-corrected chi connectivity index (χ3v) is 8.20. The molecular formula is C13H18Cl2Si. The molecule has 0 radical (unpaired) electrons. The average molecular weight is 273 g/mol. The fourth-order valence-corrected chi connectivity index (χ4v) is 5.74. The third-order valence-electron chi connectivity index (χ3n) is 3.71. The van der Waals surface area contributed by atoms with E-state index in [1.807, 2.05) is 0 Å². The highest BCUT2D eigenvalue weighted by molar-refractivity contribution is 7.35. The fourth-order valence-electron chi connectivity index (χ4n) is 2.73. The Hall–Kier alpha value is 0.0169. The molecule has 1 saturated carbocycles. The average Bonchev–Trinajstić information content (AvgIpc) is 2.31. The Kier molecular flexibility index (Phi) is 4.34. The molecule has 0 atom stereocenters. The summed E-state index contributed by atoms with van der Waals surface area (Å²) in [5, 5.41) is 0.253. The van der Waals surface area contributed by atoms with Crippen LogP contribution in [0, 0.1) is 0 Å². The molecule has 0 spiro atoms. The molecule has 0 amide bonds. The van der Waals surface area contributed by atoms with Crippen molar-refractivity contribution in [2.24, 2.45) is 0 Å². The zero-order chi connectivity index (χ0) is 11.4. The van der Waals surface area contributed by atoms with E-state index in [-0.39, 0.29) is 5.04 Å². The molecular weight excluding hydrogens is 255 g/mol. The number of hydrogen-bond donors (Lipinski definition) is 0. The van der Waals surface area contributed by atoms with Gasteiger partial charge in [-0.05, 0) is 29.9 Å². The van der Waals surface area contributed by atoms with Gasteiger partial charge in [0.1, 0.15) is 0 Å². The zero-order valence-corrected chi connectivity index (χ0v) is 12.1. The molecule has 0 heterocycles.